The Hall–Kier alpha value is -1.70. The van der Waals surface area contributed by atoms with Crippen molar-refractivity contribution >= 4 is 16.0 Å². The van der Waals surface area contributed by atoms with E-state index in [1.54, 1.807) is 6.08 Å². The number of benzene rings is 1. The number of esters is 1. The number of carbonyl (C=O) groups is 1. The van der Waals surface area contributed by atoms with Crippen LogP contribution < -0.4 is 5.32 Å². The quantitative estimate of drug-likeness (QED) is 0.217. The van der Waals surface area contributed by atoms with Crippen LogP contribution in [0.3, 0.4) is 0 Å². The topological polar surface area (TPSA) is 75.7 Å². The van der Waals surface area contributed by atoms with Crippen molar-refractivity contribution in [3.05, 3.63) is 48.6 Å². The van der Waals surface area contributed by atoms with Gasteiger partial charge in [-0.2, -0.15) is 4.31 Å². The first-order valence-electron chi connectivity index (χ1n) is 16.3. The molecule has 0 unspecified atom stereocenters. The Kier molecular flexibility index (Phi) is 9.67. The summed E-state index contributed by atoms with van der Waals surface area (Å²) in [6.45, 7) is 8.89. The van der Waals surface area contributed by atoms with Crippen molar-refractivity contribution in [2.24, 2.45) is 16.7 Å². The van der Waals surface area contributed by atoms with E-state index in [9.17, 15) is 13.2 Å². The second kappa shape index (κ2) is 12.9. The minimum atomic E-state index is -3.56. The van der Waals surface area contributed by atoms with Crippen molar-refractivity contribution in [2.75, 3.05) is 5.75 Å². The molecule has 5 rings (SSSR count). The van der Waals surface area contributed by atoms with Gasteiger partial charge in [-0.25, -0.2) is 8.42 Å². The Morgan fingerprint density at radius 1 is 1.02 bits per heavy atom. The molecule has 0 radical (unpaired) electrons. The third-order valence-corrected chi connectivity index (χ3v) is 13.4. The van der Waals surface area contributed by atoms with Crippen LogP contribution in [0.4, 0.5) is 0 Å². The molecule has 4 saturated carbocycles. The van der Waals surface area contributed by atoms with Crippen LogP contribution in [-0.2, 0) is 26.1 Å². The minimum Gasteiger partial charge on any atom is -0.461 e. The van der Waals surface area contributed by atoms with Crippen LogP contribution in [0.1, 0.15) is 109 Å². The van der Waals surface area contributed by atoms with Gasteiger partial charge in [-0.3, -0.25) is 4.79 Å². The first-order chi connectivity index (χ1) is 19.7. The zero-order valence-electron chi connectivity index (χ0n) is 25.4. The standard InChI is InChI=1S/C34H52N2O4S/c1-4-14-30(35-24-26-15-8-5-9-16-26)32(37)40-31-23-27-21-22-34(31,33(27,2)3)25-41(38,39)36(28-17-10-6-11-18-28)29-19-12-7-13-20-29/h4-5,8-9,15-16,27-31,35H,1,6-7,10-14,17-25H2,2-3H3/t27-,30+,31-,34-/m1/s1. The Morgan fingerprint density at radius 2 is 1.63 bits per heavy atom. The zero-order valence-corrected chi connectivity index (χ0v) is 26.2. The molecule has 1 aromatic carbocycles. The van der Waals surface area contributed by atoms with E-state index in [1.165, 1.54) is 12.8 Å². The molecule has 1 aromatic rings. The van der Waals surface area contributed by atoms with E-state index in [0.717, 1.165) is 76.2 Å². The molecule has 0 heterocycles. The van der Waals surface area contributed by atoms with E-state index >= 15 is 0 Å². The highest BCUT2D eigenvalue weighted by Gasteiger charge is 2.67. The van der Waals surface area contributed by atoms with E-state index in [1.807, 2.05) is 34.6 Å². The lowest BCUT2D eigenvalue weighted by molar-refractivity contribution is -0.159. The number of nitrogens with one attached hydrogen (secondary N) is 1. The number of ether oxygens (including phenoxy) is 1. The van der Waals surface area contributed by atoms with Gasteiger partial charge in [-0.15, -0.1) is 6.58 Å². The van der Waals surface area contributed by atoms with Crippen LogP contribution in [0.25, 0.3) is 0 Å². The van der Waals surface area contributed by atoms with Crippen LogP contribution in [0.15, 0.2) is 43.0 Å². The summed E-state index contributed by atoms with van der Waals surface area (Å²) in [6.07, 6.45) is 15.2. The van der Waals surface area contributed by atoms with Gasteiger partial charge in [0.05, 0.1) is 5.75 Å². The van der Waals surface area contributed by atoms with E-state index in [2.05, 4.69) is 25.7 Å². The molecule has 4 atom stereocenters. The van der Waals surface area contributed by atoms with Gasteiger partial charge in [0.1, 0.15) is 12.1 Å². The van der Waals surface area contributed by atoms with Crippen molar-refractivity contribution in [1.29, 1.82) is 0 Å². The summed E-state index contributed by atoms with van der Waals surface area (Å²) in [4.78, 5) is 13.6. The fourth-order valence-electron chi connectivity index (χ4n) is 8.82. The van der Waals surface area contributed by atoms with Gasteiger partial charge < -0.3 is 10.1 Å². The van der Waals surface area contributed by atoms with E-state index in [-0.39, 0.29) is 35.3 Å². The number of sulfonamides is 1. The number of carbonyl (C=O) groups excluding carboxylic acids is 1. The Morgan fingerprint density at radius 3 is 2.20 bits per heavy atom. The second-order valence-corrected chi connectivity index (χ2v) is 15.8. The molecule has 0 amide bonds. The summed E-state index contributed by atoms with van der Waals surface area (Å²) < 4.78 is 37.7. The highest BCUT2D eigenvalue weighted by Crippen LogP contribution is 2.67. The lowest BCUT2D eigenvalue weighted by atomic mass is 9.69. The fourth-order valence-corrected chi connectivity index (χ4v) is 11.7. The Bertz CT molecular complexity index is 1120. The number of hydrogen-bond donors (Lipinski definition) is 1. The highest BCUT2D eigenvalue weighted by molar-refractivity contribution is 7.89. The van der Waals surface area contributed by atoms with Crippen molar-refractivity contribution in [1.82, 2.24) is 9.62 Å². The fraction of sp³-hybridized carbons (Fsp3) is 0.735. The smallest absolute Gasteiger partial charge is 0.323 e. The van der Waals surface area contributed by atoms with E-state index < -0.39 is 21.5 Å². The maximum absolute atomic E-state index is 14.6. The molecule has 1 N–H and O–H groups in total. The third kappa shape index (κ3) is 6.33. The minimum absolute atomic E-state index is 0.0953. The normalized spacial score (nSPS) is 29.4. The number of hydrogen-bond acceptors (Lipinski definition) is 5. The number of fused-ring (bicyclic) bond motifs is 2. The van der Waals surface area contributed by atoms with Crippen LogP contribution in [-0.4, -0.2) is 48.7 Å². The summed E-state index contributed by atoms with van der Waals surface area (Å²) in [6, 6.07) is 9.76. The van der Waals surface area contributed by atoms with Crippen LogP contribution in [0.5, 0.6) is 0 Å². The largest absolute Gasteiger partial charge is 0.461 e. The zero-order chi connectivity index (χ0) is 29.1. The number of rotatable bonds is 12. The molecule has 4 fully saturated rings. The second-order valence-electron chi connectivity index (χ2n) is 13.9. The van der Waals surface area contributed by atoms with Gasteiger partial charge in [0.15, 0.2) is 0 Å². The summed E-state index contributed by atoms with van der Waals surface area (Å²) in [5.74, 6) is 0.170. The maximum atomic E-state index is 14.6. The summed E-state index contributed by atoms with van der Waals surface area (Å²) >= 11 is 0. The molecule has 0 aromatic heterocycles. The van der Waals surface area contributed by atoms with E-state index in [4.69, 9.17) is 4.74 Å². The first-order valence-corrected chi connectivity index (χ1v) is 17.9. The predicted molar refractivity (Wildman–Crippen MR) is 165 cm³/mol. The summed E-state index contributed by atoms with van der Waals surface area (Å²) in [5.41, 5.74) is 0.330. The maximum Gasteiger partial charge on any atom is 0.323 e. The molecule has 0 aliphatic heterocycles. The molecule has 4 aliphatic carbocycles. The SMILES string of the molecule is C=CC[C@H](NCc1ccccc1)C(=O)O[C@@H]1C[C@H]2CC[C@]1(CS(=O)(=O)N(C1CCCCC1)C1CCCCC1)C2(C)C. The predicted octanol–water partition coefficient (Wildman–Crippen LogP) is 6.76. The van der Waals surface area contributed by atoms with Gasteiger partial charge in [-0.05, 0) is 68.3 Å². The monoisotopic (exact) mass is 584 g/mol. The Labute approximate surface area is 248 Å². The average Bonchev–Trinajstić information content (AvgIpc) is 3.31. The van der Waals surface area contributed by atoms with Gasteiger partial charge >= 0.3 is 5.97 Å². The molecular formula is C34H52N2O4S. The lowest BCUT2D eigenvalue weighted by Crippen LogP contribution is -2.55. The van der Waals surface area contributed by atoms with Gasteiger partial charge in [-0.1, -0.05) is 88.8 Å². The molecule has 228 valence electrons. The molecule has 2 bridgehead atoms. The molecule has 41 heavy (non-hydrogen) atoms. The molecule has 0 spiro atoms. The molecule has 0 saturated heterocycles. The highest BCUT2D eigenvalue weighted by atomic mass is 32.2. The van der Waals surface area contributed by atoms with Crippen molar-refractivity contribution < 1.29 is 17.9 Å². The van der Waals surface area contributed by atoms with Gasteiger partial charge in [0.2, 0.25) is 10.0 Å². The molecule has 7 heteroatoms. The van der Waals surface area contributed by atoms with Gasteiger partial charge in [0, 0.05) is 24.0 Å². The molecule has 4 aliphatic rings. The van der Waals surface area contributed by atoms with E-state index in [0.29, 0.717) is 18.9 Å². The van der Waals surface area contributed by atoms with Crippen molar-refractivity contribution in [3.8, 4) is 0 Å². The van der Waals surface area contributed by atoms with Gasteiger partial charge in [0.25, 0.3) is 0 Å². The first kappa shape index (κ1) is 30.7. The third-order valence-electron chi connectivity index (χ3n) is 11.3. The molecular weight excluding hydrogens is 532 g/mol. The molecule has 6 nitrogen and oxygen atoms in total. The lowest BCUT2D eigenvalue weighted by Gasteiger charge is -2.46. The summed E-state index contributed by atoms with van der Waals surface area (Å²) in [5, 5.41) is 3.37. The Balaban J connectivity index is 1.37. The van der Waals surface area contributed by atoms with Crippen LogP contribution in [0, 0.1) is 16.7 Å². The van der Waals surface area contributed by atoms with Crippen molar-refractivity contribution in [2.45, 2.75) is 135 Å². The summed E-state index contributed by atoms with van der Waals surface area (Å²) in [7, 11) is -3.56. The van der Waals surface area contributed by atoms with Crippen LogP contribution in [0.2, 0.25) is 0 Å². The van der Waals surface area contributed by atoms with Crippen LogP contribution >= 0.6 is 0 Å². The number of nitrogens with zero attached hydrogens (tertiary/aromatic N) is 1. The average molecular weight is 585 g/mol. The van der Waals surface area contributed by atoms with Crippen molar-refractivity contribution in [3.63, 3.8) is 0 Å².